The molecule has 0 amide bonds. The SMILES string of the molecule is CN(C)c1ncn2c1CN=C(c1ccccc1F)c1cc(Cl)ccc1-2. The van der Waals surface area contributed by atoms with E-state index in [0.29, 0.717) is 22.8 Å². The lowest BCUT2D eigenvalue weighted by Crippen LogP contribution is -2.12. The van der Waals surface area contributed by atoms with Gasteiger partial charge in [-0.15, -0.1) is 0 Å². The van der Waals surface area contributed by atoms with E-state index in [4.69, 9.17) is 16.6 Å². The van der Waals surface area contributed by atoms with Gasteiger partial charge in [-0.3, -0.25) is 9.56 Å². The first-order valence-electron chi connectivity index (χ1n) is 7.89. The zero-order valence-corrected chi connectivity index (χ0v) is 14.6. The van der Waals surface area contributed by atoms with Gasteiger partial charge in [-0.2, -0.15) is 0 Å². The Labute approximate surface area is 150 Å². The van der Waals surface area contributed by atoms with Crippen LogP contribution in [0.15, 0.2) is 53.8 Å². The van der Waals surface area contributed by atoms with Crippen molar-refractivity contribution in [3.63, 3.8) is 0 Å². The van der Waals surface area contributed by atoms with Crippen LogP contribution < -0.4 is 4.90 Å². The highest BCUT2D eigenvalue weighted by molar-refractivity contribution is 6.31. The predicted molar refractivity (Wildman–Crippen MR) is 98.6 cm³/mol. The van der Waals surface area contributed by atoms with E-state index in [9.17, 15) is 4.39 Å². The van der Waals surface area contributed by atoms with Crippen molar-refractivity contribution in [2.24, 2.45) is 4.99 Å². The zero-order valence-electron chi connectivity index (χ0n) is 13.9. The molecule has 6 heteroatoms. The maximum Gasteiger partial charge on any atom is 0.151 e. The Morgan fingerprint density at radius 1 is 1.12 bits per heavy atom. The van der Waals surface area contributed by atoms with Crippen LogP contribution in [-0.2, 0) is 6.54 Å². The van der Waals surface area contributed by atoms with Crippen molar-refractivity contribution in [1.29, 1.82) is 0 Å². The van der Waals surface area contributed by atoms with Crippen molar-refractivity contribution in [3.8, 4) is 5.69 Å². The van der Waals surface area contributed by atoms with Gasteiger partial charge < -0.3 is 4.90 Å². The van der Waals surface area contributed by atoms with Gasteiger partial charge in [0.1, 0.15) is 12.1 Å². The van der Waals surface area contributed by atoms with Gasteiger partial charge >= 0.3 is 0 Å². The molecule has 25 heavy (non-hydrogen) atoms. The summed E-state index contributed by atoms with van der Waals surface area (Å²) < 4.78 is 16.4. The summed E-state index contributed by atoms with van der Waals surface area (Å²) in [6.45, 7) is 0.406. The molecule has 0 unspecified atom stereocenters. The number of halogens is 2. The van der Waals surface area contributed by atoms with Gasteiger partial charge in [0.25, 0.3) is 0 Å². The van der Waals surface area contributed by atoms with E-state index in [-0.39, 0.29) is 5.82 Å². The van der Waals surface area contributed by atoms with Crippen LogP contribution in [0.3, 0.4) is 0 Å². The molecule has 0 saturated heterocycles. The predicted octanol–water partition coefficient (Wildman–Crippen LogP) is 4.08. The van der Waals surface area contributed by atoms with Crippen molar-refractivity contribution in [1.82, 2.24) is 9.55 Å². The standard InChI is InChI=1S/C19H16ClFN4/c1-24(2)19-17-10-22-18(13-5-3-4-6-15(13)21)14-9-12(20)7-8-16(14)25(17)11-23-19/h3-9,11H,10H2,1-2H3. The average molecular weight is 355 g/mol. The van der Waals surface area contributed by atoms with Crippen LogP contribution in [0.25, 0.3) is 5.69 Å². The Morgan fingerprint density at radius 3 is 2.68 bits per heavy atom. The fourth-order valence-electron chi connectivity index (χ4n) is 3.12. The van der Waals surface area contributed by atoms with E-state index in [1.807, 2.05) is 47.8 Å². The van der Waals surface area contributed by atoms with Crippen molar-refractivity contribution in [2.75, 3.05) is 19.0 Å². The Bertz CT molecular complexity index is 991. The molecule has 1 aliphatic heterocycles. The van der Waals surface area contributed by atoms with Gasteiger partial charge in [0, 0.05) is 30.2 Å². The maximum atomic E-state index is 14.4. The molecule has 4 rings (SSSR count). The number of imidazole rings is 1. The molecule has 3 aromatic rings. The number of rotatable bonds is 2. The summed E-state index contributed by atoms with van der Waals surface area (Å²) in [7, 11) is 3.89. The number of benzene rings is 2. The largest absolute Gasteiger partial charge is 0.361 e. The molecule has 0 fully saturated rings. The van der Waals surface area contributed by atoms with Gasteiger partial charge in [0.05, 0.1) is 23.6 Å². The third-order valence-corrected chi connectivity index (χ3v) is 4.49. The topological polar surface area (TPSA) is 33.4 Å². The lowest BCUT2D eigenvalue weighted by atomic mass is 10.00. The smallest absolute Gasteiger partial charge is 0.151 e. The van der Waals surface area contributed by atoms with Crippen LogP contribution in [0.1, 0.15) is 16.8 Å². The number of hydrogen-bond acceptors (Lipinski definition) is 3. The fourth-order valence-corrected chi connectivity index (χ4v) is 3.30. The number of hydrogen-bond donors (Lipinski definition) is 0. The van der Waals surface area contributed by atoms with E-state index in [0.717, 1.165) is 22.8 Å². The summed E-state index contributed by atoms with van der Waals surface area (Å²) in [5.41, 5.74) is 3.71. The monoisotopic (exact) mass is 354 g/mol. The third-order valence-electron chi connectivity index (χ3n) is 4.26. The Balaban J connectivity index is 2.00. The molecular weight excluding hydrogens is 339 g/mol. The summed E-state index contributed by atoms with van der Waals surface area (Å²) in [4.78, 5) is 11.2. The molecule has 2 aromatic carbocycles. The number of aliphatic imine (C=N–C) groups is 1. The van der Waals surface area contributed by atoms with Crippen LogP contribution in [0.5, 0.6) is 0 Å². The second kappa shape index (κ2) is 6.01. The highest BCUT2D eigenvalue weighted by Crippen LogP contribution is 2.31. The quantitative estimate of drug-likeness (QED) is 0.694. The molecule has 0 atom stereocenters. The minimum Gasteiger partial charge on any atom is -0.361 e. The van der Waals surface area contributed by atoms with Gasteiger partial charge in [0.2, 0.25) is 0 Å². The molecular formula is C19H16ClFN4. The summed E-state index contributed by atoms with van der Waals surface area (Å²) in [5, 5.41) is 0.583. The number of anilines is 1. The van der Waals surface area contributed by atoms with Crippen LogP contribution in [-0.4, -0.2) is 29.4 Å². The highest BCUT2D eigenvalue weighted by Gasteiger charge is 2.23. The summed E-state index contributed by atoms with van der Waals surface area (Å²) in [5.74, 6) is 0.546. The lowest BCUT2D eigenvalue weighted by Gasteiger charge is -2.13. The summed E-state index contributed by atoms with van der Waals surface area (Å²) in [6, 6.07) is 12.2. The molecule has 0 spiro atoms. The van der Waals surface area contributed by atoms with E-state index >= 15 is 0 Å². The van der Waals surface area contributed by atoms with Crippen LogP contribution in [0.4, 0.5) is 10.2 Å². The molecule has 4 nitrogen and oxygen atoms in total. The minimum atomic E-state index is -0.301. The molecule has 0 aliphatic carbocycles. The Hall–Kier alpha value is -2.66. The van der Waals surface area contributed by atoms with Crippen molar-refractivity contribution in [2.45, 2.75) is 6.54 Å². The molecule has 0 bridgehead atoms. The maximum absolute atomic E-state index is 14.4. The van der Waals surface area contributed by atoms with Crippen molar-refractivity contribution >= 4 is 23.1 Å². The van der Waals surface area contributed by atoms with E-state index in [2.05, 4.69) is 4.98 Å². The second-order valence-electron chi connectivity index (χ2n) is 6.09. The molecule has 0 radical (unpaired) electrons. The van der Waals surface area contributed by atoms with E-state index in [1.54, 1.807) is 18.5 Å². The molecule has 2 heterocycles. The van der Waals surface area contributed by atoms with Crippen molar-refractivity contribution in [3.05, 3.63) is 76.5 Å². The van der Waals surface area contributed by atoms with Gasteiger partial charge in [-0.25, -0.2) is 9.37 Å². The van der Waals surface area contributed by atoms with E-state index in [1.165, 1.54) is 6.07 Å². The summed E-state index contributed by atoms with van der Waals surface area (Å²) >= 11 is 6.22. The first kappa shape index (κ1) is 15.8. The Morgan fingerprint density at radius 2 is 1.92 bits per heavy atom. The first-order chi connectivity index (χ1) is 12.1. The van der Waals surface area contributed by atoms with Gasteiger partial charge in [-0.1, -0.05) is 23.7 Å². The van der Waals surface area contributed by atoms with Crippen LogP contribution in [0.2, 0.25) is 5.02 Å². The number of fused-ring (bicyclic) bond motifs is 3. The van der Waals surface area contributed by atoms with Gasteiger partial charge in [0.15, 0.2) is 5.82 Å². The molecule has 0 saturated carbocycles. The molecule has 1 aliphatic rings. The normalized spacial score (nSPS) is 12.9. The number of nitrogens with zero attached hydrogens (tertiary/aromatic N) is 4. The van der Waals surface area contributed by atoms with Gasteiger partial charge in [-0.05, 0) is 30.3 Å². The third kappa shape index (κ3) is 2.61. The Kier molecular flexibility index (Phi) is 3.81. The molecule has 126 valence electrons. The van der Waals surface area contributed by atoms with Crippen LogP contribution >= 0.6 is 11.6 Å². The molecule has 0 N–H and O–H groups in total. The average Bonchev–Trinajstić information content (AvgIpc) is 2.94. The molecule has 1 aromatic heterocycles. The lowest BCUT2D eigenvalue weighted by molar-refractivity contribution is 0.625. The first-order valence-corrected chi connectivity index (χ1v) is 8.27. The fraction of sp³-hybridized carbons (Fsp3) is 0.158. The highest BCUT2D eigenvalue weighted by atomic mass is 35.5. The zero-order chi connectivity index (χ0) is 17.6. The summed E-state index contributed by atoms with van der Waals surface area (Å²) in [6.07, 6.45) is 1.78. The minimum absolute atomic E-state index is 0.301. The second-order valence-corrected chi connectivity index (χ2v) is 6.52. The van der Waals surface area contributed by atoms with Crippen molar-refractivity contribution < 1.29 is 4.39 Å². The van der Waals surface area contributed by atoms with E-state index < -0.39 is 0 Å². The van der Waals surface area contributed by atoms with Crippen LogP contribution in [0, 0.1) is 5.82 Å². The number of aromatic nitrogens is 2.